The Kier molecular flexibility index (Phi) is 9.04. The molecule has 2 heterocycles. The first kappa shape index (κ1) is 29.1. The Bertz CT molecular complexity index is 1610. The summed E-state index contributed by atoms with van der Waals surface area (Å²) in [6.07, 6.45) is 1.65. The summed E-state index contributed by atoms with van der Waals surface area (Å²) in [6, 6.07) is 22.4. The highest BCUT2D eigenvalue weighted by molar-refractivity contribution is 8.15. The van der Waals surface area contributed by atoms with Gasteiger partial charge in [0.05, 0.1) is 24.9 Å². The Hall–Kier alpha value is -4.41. The fourth-order valence-electron chi connectivity index (χ4n) is 4.25. The number of furan rings is 1. The molecule has 3 amide bonds. The van der Waals surface area contributed by atoms with E-state index in [0.29, 0.717) is 32.9 Å². The maximum Gasteiger partial charge on any atom is 0.247 e. The van der Waals surface area contributed by atoms with Crippen LogP contribution in [0.2, 0.25) is 5.02 Å². The number of anilines is 1. The normalized spacial score (nSPS) is 16.5. The predicted octanol–water partition coefficient (Wildman–Crippen LogP) is 6.26. The summed E-state index contributed by atoms with van der Waals surface area (Å²) in [7, 11) is 0. The molecular weight excluding hydrogens is 579 g/mol. The summed E-state index contributed by atoms with van der Waals surface area (Å²) in [5.74, 6) is -0.702. The summed E-state index contributed by atoms with van der Waals surface area (Å²) in [5, 5.41) is 5.89. The van der Waals surface area contributed by atoms with E-state index in [9.17, 15) is 18.8 Å². The second-order valence-electron chi connectivity index (χ2n) is 9.58. The number of aliphatic imine (C=N–C) groups is 1. The lowest BCUT2D eigenvalue weighted by atomic mass is 10.1. The Balaban J connectivity index is 1.24. The SMILES string of the molecule is C[C@H](NC(=O)Cc1ccc(Cl)cc1)C(=O)Nc1ccc(C2SC(=Nc3cccc(F)c3)N(Cc3ccco3)C2=O)cc1. The minimum Gasteiger partial charge on any atom is -0.467 e. The van der Waals surface area contributed by atoms with Crippen LogP contribution in [-0.4, -0.2) is 33.8 Å². The predicted molar refractivity (Wildman–Crippen MR) is 161 cm³/mol. The van der Waals surface area contributed by atoms with Crippen LogP contribution in [0.25, 0.3) is 0 Å². The van der Waals surface area contributed by atoms with E-state index in [-0.39, 0.29) is 30.7 Å². The van der Waals surface area contributed by atoms with Gasteiger partial charge in [0, 0.05) is 10.7 Å². The van der Waals surface area contributed by atoms with Crippen LogP contribution in [-0.2, 0) is 27.3 Å². The van der Waals surface area contributed by atoms with Gasteiger partial charge < -0.3 is 15.1 Å². The lowest BCUT2D eigenvalue weighted by Crippen LogP contribution is -2.42. The van der Waals surface area contributed by atoms with E-state index >= 15 is 0 Å². The van der Waals surface area contributed by atoms with Gasteiger partial charge in [-0.25, -0.2) is 9.38 Å². The minimum atomic E-state index is -0.770. The highest BCUT2D eigenvalue weighted by atomic mass is 35.5. The molecule has 11 heteroatoms. The summed E-state index contributed by atoms with van der Waals surface area (Å²) in [5.41, 5.74) is 2.40. The van der Waals surface area contributed by atoms with Gasteiger partial charge in [0.1, 0.15) is 22.9 Å². The van der Waals surface area contributed by atoms with Crippen molar-refractivity contribution in [2.45, 2.75) is 31.2 Å². The average molecular weight is 605 g/mol. The molecule has 4 aromatic rings. The molecular formula is C31H26ClFN4O4S. The Labute approximate surface area is 251 Å². The second-order valence-corrected chi connectivity index (χ2v) is 11.1. The van der Waals surface area contributed by atoms with Crippen LogP contribution in [0.3, 0.4) is 0 Å². The van der Waals surface area contributed by atoms with Gasteiger partial charge in [-0.2, -0.15) is 0 Å². The van der Waals surface area contributed by atoms with Crippen molar-refractivity contribution >= 4 is 57.6 Å². The third kappa shape index (κ3) is 7.26. The average Bonchev–Trinajstić information content (AvgIpc) is 3.59. The van der Waals surface area contributed by atoms with Gasteiger partial charge >= 0.3 is 0 Å². The van der Waals surface area contributed by atoms with Crippen LogP contribution in [0.1, 0.15) is 29.1 Å². The standard InChI is InChI=1S/C31H26ClFN4O4S/c1-19(34-27(38)16-20-7-11-22(32)12-8-20)29(39)35-24-13-9-21(10-14-24)28-30(40)37(18-26-6-3-15-41-26)31(42-28)36-25-5-2-4-23(33)17-25/h2-15,17,19,28H,16,18H2,1H3,(H,34,38)(H,35,39)/t19-,28?/m0/s1. The van der Waals surface area contributed by atoms with Crippen LogP contribution >= 0.6 is 23.4 Å². The van der Waals surface area contributed by atoms with Crippen molar-refractivity contribution in [3.8, 4) is 0 Å². The molecule has 0 spiro atoms. The number of rotatable bonds is 9. The van der Waals surface area contributed by atoms with E-state index in [1.807, 2.05) is 0 Å². The highest BCUT2D eigenvalue weighted by Gasteiger charge is 2.39. The van der Waals surface area contributed by atoms with Gasteiger partial charge in [0.15, 0.2) is 5.17 Å². The number of hydrogen-bond donors (Lipinski definition) is 2. The third-order valence-electron chi connectivity index (χ3n) is 6.40. The van der Waals surface area contributed by atoms with Gasteiger partial charge in [-0.05, 0) is 72.6 Å². The fourth-order valence-corrected chi connectivity index (χ4v) is 5.55. The fraction of sp³-hybridized carbons (Fsp3) is 0.161. The molecule has 214 valence electrons. The topological polar surface area (TPSA) is 104 Å². The lowest BCUT2D eigenvalue weighted by Gasteiger charge is -2.16. The maximum absolute atomic E-state index is 13.8. The number of benzene rings is 3. The first-order valence-electron chi connectivity index (χ1n) is 13.0. The summed E-state index contributed by atoms with van der Waals surface area (Å²) >= 11 is 7.14. The molecule has 42 heavy (non-hydrogen) atoms. The zero-order chi connectivity index (χ0) is 29.6. The second kappa shape index (κ2) is 13.1. The number of carbonyl (C=O) groups is 3. The van der Waals surface area contributed by atoms with Crippen molar-refractivity contribution < 1.29 is 23.2 Å². The van der Waals surface area contributed by atoms with Crippen LogP contribution < -0.4 is 10.6 Å². The Morgan fingerprint density at radius 3 is 2.52 bits per heavy atom. The van der Waals surface area contributed by atoms with Crippen molar-refractivity contribution in [1.29, 1.82) is 0 Å². The number of carbonyl (C=O) groups excluding carboxylic acids is 3. The van der Waals surface area contributed by atoms with E-state index in [1.54, 1.807) is 79.7 Å². The lowest BCUT2D eigenvalue weighted by molar-refractivity contribution is -0.126. The largest absolute Gasteiger partial charge is 0.467 e. The van der Waals surface area contributed by atoms with Crippen LogP contribution in [0.5, 0.6) is 0 Å². The van der Waals surface area contributed by atoms with Crippen molar-refractivity contribution in [2.75, 3.05) is 5.32 Å². The number of amides is 3. The number of thioether (sulfide) groups is 1. The summed E-state index contributed by atoms with van der Waals surface area (Å²) < 4.78 is 19.2. The molecule has 0 aliphatic carbocycles. The first-order valence-corrected chi connectivity index (χ1v) is 14.3. The van der Waals surface area contributed by atoms with Gasteiger partial charge in [0.25, 0.3) is 0 Å². The van der Waals surface area contributed by atoms with Crippen LogP contribution in [0, 0.1) is 5.82 Å². The number of nitrogens with zero attached hydrogens (tertiary/aromatic N) is 2. The van der Waals surface area contributed by atoms with Gasteiger partial charge in [-0.15, -0.1) is 0 Å². The Morgan fingerprint density at radius 1 is 1.07 bits per heavy atom. The van der Waals surface area contributed by atoms with E-state index in [4.69, 9.17) is 16.0 Å². The molecule has 1 fully saturated rings. The van der Waals surface area contributed by atoms with Crippen molar-refractivity contribution in [1.82, 2.24) is 10.2 Å². The molecule has 0 radical (unpaired) electrons. The molecule has 0 saturated carbocycles. The maximum atomic E-state index is 13.8. The summed E-state index contributed by atoms with van der Waals surface area (Å²) in [6.45, 7) is 1.78. The minimum absolute atomic E-state index is 0.123. The molecule has 3 aromatic carbocycles. The number of hydrogen-bond acceptors (Lipinski definition) is 6. The Morgan fingerprint density at radius 2 is 1.83 bits per heavy atom. The molecule has 1 aliphatic rings. The zero-order valence-corrected chi connectivity index (χ0v) is 24.0. The van der Waals surface area contributed by atoms with Crippen LogP contribution in [0.15, 0.2) is 101 Å². The smallest absolute Gasteiger partial charge is 0.247 e. The van der Waals surface area contributed by atoms with Crippen molar-refractivity contribution in [3.63, 3.8) is 0 Å². The monoisotopic (exact) mass is 604 g/mol. The van der Waals surface area contributed by atoms with Gasteiger partial charge in [-0.3, -0.25) is 19.3 Å². The van der Waals surface area contributed by atoms with Gasteiger partial charge in [-0.1, -0.05) is 53.7 Å². The first-order chi connectivity index (χ1) is 20.2. The van der Waals surface area contributed by atoms with E-state index in [2.05, 4.69) is 15.6 Å². The molecule has 8 nitrogen and oxygen atoms in total. The molecule has 0 bridgehead atoms. The zero-order valence-electron chi connectivity index (χ0n) is 22.4. The molecule has 2 N–H and O–H groups in total. The van der Waals surface area contributed by atoms with Gasteiger partial charge in [0.2, 0.25) is 17.7 Å². The van der Waals surface area contributed by atoms with Crippen molar-refractivity contribution in [2.24, 2.45) is 4.99 Å². The number of amidine groups is 1. The molecule has 1 aromatic heterocycles. The van der Waals surface area contributed by atoms with E-state index in [1.165, 1.54) is 35.1 Å². The molecule has 1 unspecified atom stereocenters. The molecule has 5 rings (SSSR count). The third-order valence-corrected chi connectivity index (χ3v) is 7.89. The number of halogens is 2. The van der Waals surface area contributed by atoms with E-state index in [0.717, 1.165) is 5.56 Å². The molecule has 2 atom stereocenters. The van der Waals surface area contributed by atoms with Crippen molar-refractivity contribution in [3.05, 3.63) is 119 Å². The quantitative estimate of drug-likeness (QED) is 0.235. The molecule has 1 saturated heterocycles. The summed E-state index contributed by atoms with van der Waals surface area (Å²) in [4.78, 5) is 44.6. The number of nitrogens with one attached hydrogen (secondary N) is 2. The van der Waals surface area contributed by atoms with Crippen LogP contribution in [0.4, 0.5) is 15.8 Å². The molecule has 1 aliphatic heterocycles. The highest BCUT2D eigenvalue weighted by Crippen LogP contribution is 2.41. The van der Waals surface area contributed by atoms with E-state index < -0.39 is 17.1 Å².